The fourth-order valence-corrected chi connectivity index (χ4v) is 0.167. The van der Waals surface area contributed by atoms with Gasteiger partial charge in [0, 0.05) is 0 Å². The number of hydrogen-bond acceptors (Lipinski definition) is 1. The number of aliphatic hydroxyl groups is 1. The molecule has 0 bridgehead atoms. The van der Waals surface area contributed by atoms with E-state index in [9.17, 15) is 0 Å². The second-order valence-corrected chi connectivity index (χ2v) is 0.910. The van der Waals surface area contributed by atoms with E-state index in [1.807, 2.05) is 0 Å². The van der Waals surface area contributed by atoms with Crippen molar-refractivity contribution in [1.29, 1.82) is 0 Å². The van der Waals surface area contributed by atoms with Crippen molar-refractivity contribution in [3.05, 3.63) is 6.92 Å². The summed E-state index contributed by atoms with van der Waals surface area (Å²) in [5, 5.41) is 8.27. The molecular formula is C5H7O. The van der Waals surface area contributed by atoms with Gasteiger partial charge in [0.25, 0.3) is 0 Å². The van der Waals surface area contributed by atoms with Crippen LogP contribution in [0.2, 0.25) is 0 Å². The maximum absolute atomic E-state index is 8.27. The van der Waals surface area contributed by atoms with Gasteiger partial charge in [0.15, 0.2) is 0 Å². The lowest BCUT2D eigenvalue weighted by Gasteiger charge is -1.82. The summed E-state index contributed by atoms with van der Waals surface area (Å²) in [5.74, 6) is 4.91. The lowest BCUT2D eigenvalue weighted by Crippen LogP contribution is -1.91. The maximum Gasteiger partial charge on any atom is 0.114 e. The molecule has 1 atom stereocenters. The fraction of sp³-hybridized carbons (Fsp3) is 0.400. The van der Waals surface area contributed by atoms with E-state index in [4.69, 9.17) is 5.11 Å². The molecule has 0 saturated carbocycles. The monoisotopic (exact) mass is 83.0 g/mol. The molecule has 0 aliphatic rings. The van der Waals surface area contributed by atoms with E-state index in [0.29, 0.717) is 0 Å². The first-order valence-electron chi connectivity index (χ1n) is 1.71. The number of rotatable bonds is 0. The first kappa shape index (κ1) is 5.52. The molecular weight excluding hydrogens is 76.1 g/mol. The zero-order valence-electron chi connectivity index (χ0n) is 3.73. The van der Waals surface area contributed by atoms with Gasteiger partial charge in [0.1, 0.15) is 6.10 Å². The van der Waals surface area contributed by atoms with E-state index in [2.05, 4.69) is 18.8 Å². The summed E-state index contributed by atoms with van der Waals surface area (Å²) in [6.45, 7) is 4.87. The summed E-state index contributed by atoms with van der Waals surface area (Å²) in [4.78, 5) is 0. The summed E-state index contributed by atoms with van der Waals surface area (Å²) in [6.07, 6.45) is -0.713. The van der Waals surface area contributed by atoms with Crippen LogP contribution in [0.15, 0.2) is 0 Å². The largest absolute Gasteiger partial charge is 0.380 e. The van der Waals surface area contributed by atoms with Gasteiger partial charge in [-0.25, -0.2) is 0 Å². The molecule has 1 radical (unpaired) electrons. The second-order valence-electron chi connectivity index (χ2n) is 0.910. The Bertz CT molecular complexity index is 73.7. The Morgan fingerprint density at radius 1 is 1.83 bits per heavy atom. The first-order valence-corrected chi connectivity index (χ1v) is 1.71. The van der Waals surface area contributed by atoms with Gasteiger partial charge >= 0.3 is 0 Å². The summed E-state index contributed by atoms with van der Waals surface area (Å²) in [5.41, 5.74) is 0. The van der Waals surface area contributed by atoms with E-state index in [-0.39, 0.29) is 0 Å². The average Bonchev–Trinajstić information content (AvgIpc) is 1.35. The quantitative estimate of drug-likeness (QED) is 0.415. The molecule has 0 fully saturated rings. The van der Waals surface area contributed by atoms with Crippen LogP contribution in [0, 0.1) is 18.8 Å². The molecule has 0 spiro atoms. The molecule has 6 heavy (non-hydrogen) atoms. The molecule has 1 N–H and O–H groups in total. The highest BCUT2D eigenvalue weighted by atomic mass is 16.3. The van der Waals surface area contributed by atoms with Crippen LogP contribution in [-0.4, -0.2) is 11.2 Å². The maximum atomic E-state index is 8.27. The predicted octanol–water partition coefficient (Wildman–Crippen LogP) is 0.205. The van der Waals surface area contributed by atoms with Crippen molar-refractivity contribution in [3.8, 4) is 11.8 Å². The molecule has 1 heteroatoms. The average molecular weight is 83.1 g/mol. The minimum atomic E-state index is -0.713. The Kier molecular flexibility index (Phi) is 2.52. The summed E-state index contributed by atoms with van der Waals surface area (Å²) >= 11 is 0. The summed E-state index contributed by atoms with van der Waals surface area (Å²) in [7, 11) is 0. The van der Waals surface area contributed by atoms with Gasteiger partial charge in [0.05, 0.1) is 0 Å². The van der Waals surface area contributed by atoms with E-state index < -0.39 is 6.10 Å². The van der Waals surface area contributed by atoms with Gasteiger partial charge in [-0.3, -0.25) is 0 Å². The minimum absolute atomic E-state index is 0.713. The van der Waals surface area contributed by atoms with Crippen LogP contribution in [-0.2, 0) is 0 Å². The van der Waals surface area contributed by atoms with Crippen LogP contribution in [0.5, 0.6) is 0 Å². The van der Waals surface area contributed by atoms with Crippen molar-refractivity contribution in [2.75, 3.05) is 0 Å². The molecule has 0 rings (SSSR count). The Labute approximate surface area is 38.0 Å². The molecule has 0 aliphatic carbocycles. The van der Waals surface area contributed by atoms with Gasteiger partial charge in [-0.2, -0.15) is 0 Å². The Morgan fingerprint density at radius 2 is 2.33 bits per heavy atom. The Hall–Kier alpha value is -0.480. The third-order valence-electron chi connectivity index (χ3n) is 0.311. The van der Waals surface area contributed by atoms with E-state index in [1.54, 1.807) is 6.92 Å². The smallest absolute Gasteiger partial charge is 0.114 e. The van der Waals surface area contributed by atoms with Crippen molar-refractivity contribution in [1.82, 2.24) is 0 Å². The van der Waals surface area contributed by atoms with Gasteiger partial charge in [0.2, 0.25) is 0 Å². The van der Waals surface area contributed by atoms with Crippen LogP contribution in [0.4, 0.5) is 0 Å². The third-order valence-corrected chi connectivity index (χ3v) is 0.311. The minimum Gasteiger partial charge on any atom is -0.380 e. The summed E-state index contributed by atoms with van der Waals surface area (Å²) in [6, 6.07) is 0. The SMILES string of the molecule is [CH2]C(O)C#CC. The topological polar surface area (TPSA) is 20.2 Å². The predicted molar refractivity (Wildman–Crippen MR) is 24.8 cm³/mol. The molecule has 0 aromatic rings. The number of hydrogen-bond donors (Lipinski definition) is 1. The molecule has 0 aliphatic heterocycles. The zero-order chi connectivity index (χ0) is 4.99. The van der Waals surface area contributed by atoms with Crippen molar-refractivity contribution >= 4 is 0 Å². The molecule has 1 unspecified atom stereocenters. The van der Waals surface area contributed by atoms with Crippen molar-refractivity contribution in [3.63, 3.8) is 0 Å². The standard InChI is InChI=1S/C5H7O/c1-3-4-5(2)6/h5-6H,2H2,1H3. The third kappa shape index (κ3) is 3.52. The second kappa shape index (κ2) is 2.74. The molecule has 0 saturated heterocycles. The van der Waals surface area contributed by atoms with Gasteiger partial charge in [-0.05, 0) is 13.8 Å². The highest BCUT2D eigenvalue weighted by Crippen LogP contribution is 1.68. The lowest BCUT2D eigenvalue weighted by molar-refractivity contribution is 0.278. The van der Waals surface area contributed by atoms with Crippen LogP contribution < -0.4 is 0 Å². The highest BCUT2D eigenvalue weighted by molar-refractivity contribution is 5.02. The Morgan fingerprint density at radius 3 is 2.33 bits per heavy atom. The Balaban J connectivity index is 3.20. The van der Waals surface area contributed by atoms with Gasteiger partial charge in [-0.15, -0.1) is 5.92 Å². The fourth-order valence-electron chi connectivity index (χ4n) is 0.167. The van der Waals surface area contributed by atoms with E-state index in [0.717, 1.165) is 0 Å². The van der Waals surface area contributed by atoms with Crippen LogP contribution in [0.3, 0.4) is 0 Å². The molecule has 0 aromatic heterocycles. The van der Waals surface area contributed by atoms with Crippen LogP contribution >= 0.6 is 0 Å². The van der Waals surface area contributed by atoms with E-state index >= 15 is 0 Å². The highest BCUT2D eigenvalue weighted by Gasteiger charge is 1.77. The normalized spacial score (nSPS) is 11.8. The van der Waals surface area contributed by atoms with Gasteiger partial charge < -0.3 is 5.11 Å². The van der Waals surface area contributed by atoms with Crippen LogP contribution in [0.1, 0.15) is 6.92 Å². The van der Waals surface area contributed by atoms with Gasteiger partial charge in [-0.1, -0.05) is 5.92 Å². The lowest BCUT2D eigenvalue weighted by atomic mass is 10.4. The van der Waals surface area contributed by atoms with Crippen molar-refractivity contribution < 1.29 is 5.11 Å². The number of aliphatic hydroxyl groups excluding tert-OH is 1. The van der Waals surface area contributed by atoms with Crippen LogP contribution in [0.25, 0.3) is 0 Å². The van der Waals surface area contributed by atoms with E-state index in [1.165, 1.54) is 0 Å². The van der Waals surface area contributed by atoms with Crippen molar-refractivity contribution in [2.24, 2.45) is 0 Å². The summed E-state index contributed by atoms with van der Waals surface area (Å²) < 4.78 is 0. The molecule has 1 nitrogen and oxygen atoms in total. The van der Waals surface area contributed by atoms with Crippen molar-refractivity contribution in [2.45, 2.75) is 13.0 Å². The molecule has 0 heterocycles. The molecule has 33 valence electrons. The molecule has 0 amide bonds. The molecule has 0 aromatic carbocycles. The zero-order valence-corrected chi connectivity index (χ0v) is 3.73. The first-order chi connectivity index (χ1) is 2.77.